The monoisotopic (exact) mass is 321 g/mol. The number of ketones is 1. The van der Waals surface area contributed by atoms with Gasteiger partial charge in [0.1, 0.15) is 11.5 Å². The molecule has 0 aliphatic rings. The second kappa shape index (κ2) is 6.91. The highest BCUT2D eigenvalue weighted by Gasteiger charge is 2.11. The zero-order valence-corrected chi connectivity index (χ0v) is 12.4. The molecule has 0 heterocycles. The Balaban J connectivity index is 2.00. The number of halogens is 1. The number of nitro benzene ring substituents is 1. The third-order valence-corrected chi connectivity index (χ3v) is 3.19. The molecule has 2 rings (SSSR count). The van der Waals surface area contributed by atoms with E-state index >= 15 is 0 Å². The summed E-state index contributed by atoms with van der Waals surface area (Å²) in [5, 5.41) is 10.9. The summed E-state index contributed by atoms with van der Waals surface area (Å²) >= 11 is 5.96. The predicted molar refractivity (Wildman–Crippen MR) is 80.9 cm³/mol. The molecule has 0 amide bonds. The van der Waals surface area contributed by atoms with E-state index < -0.39 is 4.92 Å². The Morgan fingerprint density at radius 2 is 1.91 bits per heavy atom. The molecular formula is C15H12ClNO5. The van der Waals surface area contributed by atoms with Gasteiger partial charge in [0.2, 0.25) is 0 Å². The first-order chi connectivity index (χ1) is 10.5. The van der Waals surface area contributed by atoms with Crippen molar-refractivity contribution in [1.29, 1.82) is 0 Å². The number of hydrogen-bond donors (Lipinski definition) is 0. The van der Waals surface area contributed by atoms with Crippen LogP contribution in [0.4, 0.5) is 5.69 Å². The molecule has 0 spiro atoms. The maximum Gasteiger partial charge on any atom is 0.269 e. The van der Waals surface area contributed by atoms with Gasteiger partial charge in [0.05, 0.1) is 17.1 Å². The third kappa shape index (κ3) is 3.73. The van der Waals surface area contributed by atoms with Crippen LogP contribution in [0.2, 0.25) is 5.02 Å². The largest absolute Gasteiger partial charge is 0.495 e. The Morgan fingerprint density at radius 1 is 1.23 bits per heavy atom. The lowest BCUT2D eigenvalue weighted by atomic mass is 10.1. The van der Waals surface area contributed by atoms with Crippen LogP contribution in [-0.2, 0) is 0 Å². The Labute approximate surface area is 131 Å². The fourth-order valence-corrected chi connectivity index (χ4v) is 1.99. The van der Waals surface area contributed by atoms with E-state index in [1.165, 1.54) is 37.4 Å². The molecule has 7 heteroatoms. The SMILES string of the molecule is COc1ccc(C(=O)COc2ccc([N+](=O)[O-])cc2)cc1Cl. The zero-order valence-electron chi connectivity index (χ0n) is 11.6. The second-order valence-electron chi connectivity index (χ2n) is 4.31. The Hall–Kier alpha value is -2.60. The predicted octanol–water partition coefficient (Wildman–Crippen LogP) is 3.52. The lowest BCUT2D eigenvalue weighted by Crippen LogP contribution is -2.11. The summed E-state index contributed by atoms with van der Waals surface area (Å²) in [6, 6.07) is 10.2. The summed E-state index contributed by atoms with van der Waals surface area (Å²) < 4.78 is 10.3. The number of carbonyl (C=O) groups is 1. The van der Waals surface area contributed by atoms with Crippen LogP contribution in [-0.4, -0.2) is 24.4 Å². The average Bonchev–Trinajstić information content (AvgIpc) is 2.52. The minimum Gasteiger partial charge on any atom is -0.495 e. The highest BCUT2D eigenvalue weighted by molar-refractivity contribution is 6.32. The molecule has 6 nitrogen and oxygen atoms in total. The fraction of sp³-hybridized carbons (Fsp3) is 0.133. The van der Waals surface area contributed by atoms with Crippen LogP contribution in [0, 0.1) is 10.1 Å². The maximum atomic E-state index is 12.0. The molecule has 2 aromatic rings. The van der Waals surface area contributed by atoms with E-state index in [2.05, 4.69) is 0 Å². The summed E-state index contributed by atoms with van der Waals surface area (Å²) in [7, 11) is 1.49. The Bertz CT molecular complexity index is 700. The normalized spacial score (nSPS) is 10.1. The van der Waals surface area contributed by atoms with Crippen LogP contribution >= 0.6 is 11.6 Å². The highest BCUT2D eigenvalue weighted by Crippen LogP contribution is 2.25. The van der Waals surface area contributed by atoms with Crippen molar-refractivity contribution >= 4 is 23.1 Å². The van der Waals surface area contributed by atoms with Crippen LogP contribution in [0.1, 0.15) is 10.4 Å². The number of benzene rings is 2. The van der Waals surface area contributed by atoms with Gasteiger partial charge in [-0.15, -0.1) is 0 Å². The van der Waals surface area contributed by atoms with Crippen molar-refractivity contribution in [2.45, 2.75) is 0 Å². The highest BCUT2D eigenvalue weighted by atomic mass is 35.5. The molecule has 0 N–H and O–H groups in total. The topological polar surface area (TPSA) is 78.7 Å². The van der Waals surface area contributed by atoms with Gasteiger partial charge in [-0.1, -0.05) is 11.6 Å². The van der Waals surface area contributed by atoms with Crippen molar-refractivity contribution in [3.8, 4) is 11.5 Å². The van der Waals surface area contributed by atoms with Gasteiger partial charge in [-0.3, -0.25) is 14.9 Å². The lowest BCUT2D eigenvalue weighted by Gasteiger charge is -2.07. The first kappa shape index (κ1) is 15.8. The standard InChI is InChI=1S/C15H12ClNO5/c1-21-15-7-2-10(8-13(15)16)14(18)9-22-12-5-3-11(4-6-12)17(19)20/h2-8H,9H2,1H3. The van der Waals surface area contributed by atoms with Crippen molar-refractivity contribution in [3.63, 3.8) is 0 Å². The molecule has 0 aliphatic carbocycles. The number of ether oxygens (including phenoxy) is 2. The molecule has 0 fully saturated rings. The van der Waals surface area contributed by atoms with Gasteiger partial charge in [0.25, 0.3) is 5.69 Å². The minimum atomic E-state index is -0.506. The van der Waals surface area contributed by atoms with Crippen LogP contribution in [0.5, 0.6) is 11.5 Å². The number of non-ortho nitro benzene ring substituents is 1. The molecule has 0 saturated heterocycles. The summed E-state index contributed by atoms with van der Waals surface area (Å²) in [5.41, 5.74) is 0.355. The molecule has 22 heavy (non-hydrogen) atoms. The van der Waals surface area contributed by atoms with Gasteiger partial charge in [-0.25, -0.2) is 0 Å². The number of hydrogen-bond acceptors (Lipinski definition) is 5. The average molecular weight is 322 g/mol. The first-order valence-corrected chi connectivity index (χ1v) is 6.63. The Kier molecular flexibility index (Phi) is 4.95. The van der Waals surface area contributed by atoms with Crippen molar-refractivity contribution in [3.05, 3.63) is 63.2 Å². The summed E-state index contributed by atoms with van der Waals surface area (Å²) in [6.07, 6.45) is 0. The quantitative estimate of drug-likeness (QED) is 0.462. The Morgan fingerprint density at radius 3 is 2.45 bits per heavy atom. The molecule has 0 bridgehead atoms. The first-order valence-electron chi connectivity index (χ1n) is 6.25. The van der Waals surface area contributed by atoms with E-state index in [0.717, 1.165) is 0 Å². The second-order valence-corrected chi connectivity index (χ2v) is 4.72. The third-order valence-electron chi connectivity index (χ3n) is 2.89. The number of carbonyl (C=O) groups excluding carboxylic acids is 1. The van der Waals surface area contributed by atoms with Gasteiger partial charge in [-0.05, 0) is 30.3 Å². The molecule has 0 saturated carbocycles. The minimum absolute atomic E-state index is 0.0411. The number of rotatable bonds is 6. The number of nitrogens with zero attached hydrogens (tertiary/aromatic N) is 1. The fourth-order valence-electron chi connectivity index (χ4n) is 1.74. The zero-order chi connectivity index (χ0) is 16.1. The van der Waals surface area contributed by atoms with Gasteiger partial charge < -0.3 is 9.47 Å². The molecule has 2 aromatic carbocycles. The molecule has 114 valence electrons. The van der Waals surface area contributed by atoms with Gasteiger partial charge in [0, 0.05) is 17.7 Å². The molecular weight excluding hydrogens is 310 g/mol. The summed E-state index contributed by atoms with van der Waals surface area (Å²) in [5.74, 6) is 0.593. The van der Waals surface area contributed by atoms with Gasteiger partial charge in [-0.2, -0.15) is 0 Å². The number of Topliss-reactive ketones (excluding diaryl/α,β-unsaturated/α-hetero) is 1. The van der Waals surface area contributed by atoms with E-state index in [1.54, 1.807) is 12.1 Å². The summed E-state index contributed by atoms with van der Waals surface area (Å²) in [6.45, 7) is -0.194. The van der Waals surface area contributed by atoms with Gasteiger partial charge in [0.15, 0.2) is 12.4 Å². The summed E-state index contributed by atoms with van der Waals surface area (Å²) in [4.78, 5) is 22.0. The van der Waals surface area contributed by atoms with Crippen molar-refractivity contribution < 1.29 is 19.2 Å². The van der Waals surface area contributed by atoms with Crippen molar-refractivity contribution in [2.24, 2.45) is 0 Å². The van der Waals surface area contributed by atoms with Crippen LogP contribution in [0.3, 0.4) is 0 Å². The van der Waals surface area contributed by atoms with E-state index in [9.17, 15) is 14.9 Å². The van der Waals surface area contributed by atoms with E-state index in [1.807, 2.05) is 0 Å². The van der Waals surface area contributed by atoms with E-state index in [4.69, 9.17) is 21.1 Å². The molecule has 0 unspecified atom stereocenters. The maximum absolute atomic E-state index is 12.0. The molecule has 0 aromatic heterocycles. The van der Waals surface area contributed by atoms with Crippen LogP contribution in [0.15, 0.2) is 42.5 Å². The van der Waals surface area contributed by atoms with Crippen molar-refractivity contribution in [1.82, 2.24) is 0 Å². The van der Waals surface area contributed by atoms with E-state index in [-0.39, 0.29) is 18.1 Å². The molecule has 0 radical (unpaired) electrons. The number of nitro groups is 1. The van der Waals surface area contributed by atoms with Crippen LogP contribution in [0.25, 0.3) is 0 Å². The number of methoxy groups -OCH3 is 1. The van der Waals surface area contributed by atoms with E-state index in [0.29, 0.717) is 22.1 Å². The lowest BCUT2D eigenvalue weighted by molar-refractivity contribution is -0.384. The molecule has 0 aliphatic heterocycles. The van der Waals surface area contributed by atoms with Crippen LogP contribution < -0.4 is 9.47 Å². The van der Waals surface area contributed by atoms with Gasteiger partial charge >= 0.3 is 0 Å². The van der Waals surface area contributed by atoms with Crippen molar-refractivity contribution in [2.75, 3.05) is 13.7 Å². The smallest absolute Gasteiger partial charge is 0.269 e. The molecule has 0 atom stereocenters.